The summed E-state index contributed by atoms with van der Waals surface area (Å²) in [6, 6.07) is 16.4. The van der Waals surface area contributed by atoms with Crippen LogP contribution in [-0.4, -0.2) is 37.5 Å². The van der Waals surface area contributed by atoms with Crippen LogP contribution in [0.25, 0.3) is 11.1 Å². The van der Waals surface area contributed by atoms with Gasteiger partial charge < -0.3 is 10.4 Å². The van der Waals surface area contributed by atoms with Crippen LogP contribution in [0.15, 0.2) is 65.7 Å². The zero-order valence-electron chi connectivity index (χ0n) is 20.6. The Labute approximate surface area is 218 Å². The number of benzene rings is 2. The van der Waals surface area contributed by atoms with Crippen molar-refractivity contribution in [3.05, 3.63) is 99.5 Å². The number of aliphatic imine (C=N–C) groups is 1. The number of aryl methyl sites for hydroxylation is 2. The number of thiophene rings is 1. The van der Waals surface area contributed by atoms with E-state index < -0.39 is 12.0 Å². The molecule has 2 N–H and O–H groups in total. The molecule has 5 rings (SSSR count). The maximum absolute atomic E-state index is 12.4. The van der Waals surface area contributed by atoms with Crippen LogP contribution in [0.5, 0.6) is 0 Å². The lowest BCUT2D eigenvalue weighted by Crippen LogP contribution is -2.11. The quantitative estimate of drug-likeness (QED) is 0.343. The lowest BCUT2D eigenvalue weighted by molar-refractivity contribution is -0.137. The number of nitrogens with one attached hydrogen (secondary N) is 1. The fraction of sp³-hybridized carbons (Fsp3) is 0.179. The van der Waals surface area contributed by atoms with Crippen LogP contribution in [0.4, 0.5) is 5.69 Å². The molecule has 186 valence electrons. The minimum Gasteiger partial charge on any atom is -0.481 e. The van der Waals surface area contributed by atoms with E-state index in [1.165, 1.54) is 6.08 Å². The predicted molar refractivity (Wildman–Crippen MR) is 145 cm³/mol. The molecular formula is C28H25N5O3S. The Kier molecular flexibility index (Phi) is 6.54. The lowest BCUT2D eigenvalue weighted by atomic mass is 9.99. The van der Waals surface area contributed by atoms with Gasteiger partial charge in [0, 0.05) is 27.8 Å². The van der Waals surface area contributed by atoms with Gasteiger partial charge in [-0.05, 0) is 50.1 Å². The third-order valence-corrected chi connectivity index (χ3v) is 7.45. The van der Waals surface area contributed by atoms with Crippen LogP contribution in [0.2, 0.25) is 0 Å². The van der Waals surface area contributed by atoms with E-state index in [0.29, 0.717) is 23.0 Å². The molecule has 4 aromatic rings. The van der Waals surface area contributed by atoms with E-state index in [-0.39, 0.29) is 12.3 Å². The molecular weight excluding hydrogens is 486 g/mol. The maximum Gasteiger partial charge on any atom is 0.306 e. The number of amides is 1. The SMILES string of the molecule is Cc1sc2c(c1C)C(c1ccc(NC(=O)C=Cc3ccccc3)cc1)=N[C@@H](CC(=O)O)c1nnc(C)n1-2. The van der Waals surface area contributed by atoms with Gasteiger partial charge in [0.1, 0.15) is 16.9 Å². The van der Waals surface area contributed by atoms with Crippen molar-refractivity contribution in [2.24, 2.45) is 4.99 Å². The predicted octanol–water partition coefficient (Wildman–Crippen LogP) is 5.27. The molecule has 2 aromatic heterocycles. The van der Waals surface area contributed by atoms with Gasteiger partial charge in [0.15, 0.2) is 5.82 Å². The fourth-order valence-electron chi connectivity index (χ4n) is 4.32. The third-order valence-electron chi connectivity index (χ3n) is 6.26. The highest BCUT2D eigenvalue weighted by atomic mass is 32.1. The van der Waals surface area contributed by atoms with Gasteiger partial charge in [-0.2, -0.15) is 0 Å². The number of fused-ring (bicyclic) bond motifs is 3. The summed E-state index contributed by atoms with van der Waals surface area (Å²) in [7, 11) is 0. The molecule has 0 saturated heterocycles. The van der Waals surface area contributed by atoms with E-state index in [1.54, 1.807) is 17.4 Å². The third kappa shape index (κ3) is 4.85. The topological polar surface area (TPSA) is 109 Å². The Morgan fingerprint density at radius 2 is 1.78 bits per heavy atom. The Balaban J connectivity index is 1.49. The van der Waals surface area contributed by atoms with Crippen molar-refractivity contribution in [3.63, 3.8) is 0 Å². The molecule has 3 heterocycles. The average Bonchev–Trinajstić information content (AvgIpc) is 3.36. The van der Waals surface area contributed by atoms with Crippen molar-refractivity contribution in [2.75, 3.05) is 5.32 Å². The second kappa shape index (κ2) is 9.94. The lowest BCUT2D eigenvalue weighted by Gasteiger charge is -2.11. The summed E-state index contributed by atoms with van der Waals surface area (Å²) >= 11 is 1.62. The van der Waals surface area contributed by atoms with Crippen molar-refractivity contribution in [1.29, 1.82) is 0 Å². The van der Waals surface area contributed by atoms with E-state index in [0.717, 1.165) is 32.1 Å². The van der Waals surface area contributed by atoms with Gasteiger partial charge in [0.25, 0.3) is 0 Å². The number of carbonyl (C=O) groups is 2. The van der Waals surface area contributed by atoms with Crippen molar-refractivity contribution < 1.29 is 14.7 Å². The summed E-state index contributed by atoms with van der Waals surface area (Å²) in [4.78, 5) is 30.2. The number of anilines is 1. The number of rotatable bonds is 6. The maximum atomic E-state index is 12.4. The van der Waals surface area contributed by atoms with Crippen LogP contribution >= 0.6 is 11.3 Å². The first kappa shape index (κ1) is 24.3. The smallest absolute Gasteiger partial charge is 0.306 e. The molecule has 0 spiro atoms. The number of aromatic nitrogens is 3. The highest BCUT2D eigenvalue weighted by Gasteiger charge is 2.32. The van der Waals surface area contributed by atoms with E-state index >= 15 is 0 Å². The highest BCUT2D eigenvalue weighted by Crippen LogP contribution is 2.39. The second-order valence-electron chi connectivity index (χ2n) is 8.81. The first-order valence-electron chi connectivity index (χ1n) is 11.8. The minimum absolute atomic E-state index is 0.198. The molecule has 0 aliphatic carbocycles. The van der Waals surface area contributed by atoms with E-state index in [4.69, 9.17) is 4.99 Å². The van der Waals surface area contributed by atoms with Crippen molar-refractivity contribution in [3.8, 4) is 5.00 Å². The standard InChI is InChI=1S/C28H25N5O3S/c1-16-17(2)37-28-25(16)26(30-22(15-24(35)36)27-32-31-18(3)33(27)28)20-10-12-21(13-11-20)29-23(34)14-9-19-7-5-4-6-8-19/h4-14,22H,15H2,1-3H3,(H,29,34)(H,35,36)/t22-/m0/s1. The van der Waals surface area contributed by atoms with E-state index in [9.17, 15) is 14.7 Å². The van der Waals surface area contributed by atoms with Crippen molar-refractivity contribution >= 4 is 40.7 Å². The number of nitrogens with zero attached hydrogens (tertiary/aromatic N) is 4. The van der Waals surface area contributed by atoms with Gasteiger partial charge in [-0.3, -0.25) is 19.1 Å². The second-order valence-corrected chi connectivity index (χ2v) is 10.0. The van der Waals surface area contributed by atoms with Gasteiger partial charge in [-0.1, -0.05) is 42.5 Å². The molecule has 37 heavy (non-hydrogen) atoms. The minimum atomic E-state index is -0.958. The molecule has 0 bridgehead atoms. The Morgan fingerprint density at radius 3 is 2.49 bits per heavy atom. The molecule has 1 aliphatic heterocycles. The summed E-state index contributed by atoms with van der Waals surface area (Å²) in [5.74, 6) is 0.0162. The van der Waals surface area contributed by atoms with Crippen LogP contribution in [0.3, 0.4) is 0 Å². The van der Waals surface area contributed by atoms with Gasteiger partial charge in [-0.25, -0.2) is 0 Å². The number of hydrogen-bond donors (Lipinski definition) is 2. The number of carboxylic acid groups (broad SMARTS) is 1. The molecule has 1 aliphatic rings. The molecule has 0 unspecified atom stereocenters. The van der Waals surface area contributed by atoms with Gasteiger partial charge >= 0.3 is 5.97 Å². The molecule has 0 fully saturated rings. The molecule has 0 radical (unpaired) electrons. The van der Waals surface area contributed by atoms with Crippen LogP contribution in [0, 0.1) is 20.8 Å². The summed E-state index contributed by atoms with van der Waals surface area (Å²) in [6.07, 6.45) is 3.06. The first-order valence-corrected chi connectivity index (χ1v) is 12.6. The number of aliphatic carboxylic acids is 1. The zero-order chi connectivity index (χ0) is 26.1. The van der Waals surface area contributed by atoms with Crippen molar-refractivity contribution in [1.82, 2.24) is 14.8 Å². The fourth-order valence-corrected chi connectivity index (χ4v) is 5.54. The summed E-state index contributed by atoms with van der Waals surface area (Å²) in [5.41, 5.74) is 5.15. The summed E-state index contributed by atoms with van der Waals surface area (Å²) in [6.45, 7) is 5.96. The largest absolute Gasteiger partial charge is 0.481 e. The van der Waals surface area contributed by atoms with Crippen LogP contribution in [-0.2, 0) is 9.59 Å². The number of hydrogen-bond acceptors (Lipinski definition) is 6. The molecule has 1 amide bonds. The number of carbonyl (C=O) groups excluding carboxylic acids is 1. The monoisotopic (exact) mass is 511 g/mol. The average molecular weight is 512 g/mol. The molecule has 0 saturated carbocycles. The summed E-state index contributed by atoms with van der Waals surface area (Å²) in [5, 5.41) is 21.9. The van der Waals surface area contributed by atoms with Gasteiger partial charge in [0.05, 0.1) is 12.1 Å². The normalized spacial score (nSPS) is 14.6. The Bertz CT molecular complexity index is 1550. The van der Waals surface area contributed by atoms with Gasteiger partial charge in [-0.15, -0.1) is 21.5 Å². The molecule has 2 aromatic carbocycles. The zero-order valence-corrected chi connectivity index (χ0v) is 21.4. The van der Waals surface area contributed by atoms with E-state index in [1.807, 2.05) is 73.0 Å². The molecule has 8 nitrogen and oxygen atoms in total. The van der Waals surface area contributed by atoms with Crippen LogP contribution < -0.4 is 5.32 Å². The molecule has 9 heteroatoms. The summed E-state index contributed by atoms with van der Waals surface area (Å²) < 4.78 is 1.93. The highest BCUT2D eigenvalue weighted by molar-refractivity contribution is 7.15. The first-order chi connectivity index (χ1) is 17.8. The Morgan fingerprint density at radius 1 is 1.05 bits per heavy atom. The van der Waals surface area contributed by atoms with Crippen molar-refractivity contribution in [2.45, 2.75) is 33.2 Å². The molecule has 1 atom stereocenters. The van der Waals surface area contributed by atoms with E-state index in [2.05, 4.69) is 22.4 Å². The number of carboxylic acids is 1. The van der Waals surface area contributed by atoms with Crippen LogP contribution in [0.1, 0.15) is 51.2 Å². The van der Waals surface area contributed by atoms with Gasteiger partial charge in [0.2, 0.25) is 5.91 Å². The Hall–Kier alpha value is -4.37.